The number of hydrogen-bond donors (Lipinski definition) is 1. The summed E-state index contributed by atoms with van der Waals surface area (Å²) in [5, 5.41) is 4.78. The van der Waals surface area contributed by atoms with Crippen LogP contribution < -0.4 is 10.1 Å². The molecule has 1 atom stereocenters. The Labute approximate surface area is 165 Å². The third kappa shape index (κ3) is 3.37. The van der Waals surface area contributed by atoms with E-state index >= 15 is 0 Å². The van der Waals surface area contributed by atoms with Gasteiger partial charge in [0.25, 0.3) is 0 Å². The Kier molecular flexibility index (Phi) is 5.30. The van der Waals surface area contributed by atoms with Gasteiger partial charge >= 0.3 is 0 Å². The first-order valence-electron chi connectivity index (χ1n) is 9.40. The number of aromatic nitrogens is 1. The number of benzene rings is 2. The molecule has 2 heterocycles. The van der Waals surface area contributed by atoms with E-state index in [2.05, 4.69) is 10.3 Å². The van der Waals surface area contributed by atoms with Crippen LogP contribution in [-0.4, -0.2) is 43.9 Å². The molecule has 0 amide bonds. The van der Waals surface area contributed by atoms with Gasteiger partial charge in [0.1, 0.15) is 5.75 Å². The second-order valence-electron chi connectivity index (χ2n) is 6.66. The highest BCUT2D eigenvalue weighted by Gasteiger charge is 2.35. The first-order chi connectivity index (χ1) is 13.6. The monoisotopic (exact) mass is 397 g/mol. The smallest absolute Gasteiger partial charge is 0.244 e. The van der Waals surface area contributed by atoms with Crippen molar-refractivity contribution in [3.63, 3.8) is 0 Å². The second kappa shape index (κ2) is 7.87. The molecule has 0 radical (unpaired) electrons. The number of rotatable bonds is 5. The van der Waals surface area contributed by atoms with E-state index in [-0.39, 0.29) is 6.04 Å². The predicted octanol–water partition coefficient (Wildman–Crippen LogP) is 2.97. The summed E-state index contributed by atoms with van der Waals surface area (Å²) in [6.07, 6.45) is 3.43. The molecule has 4 rings (SSSR count). The molecular formula is C21H23N3O3S. The fraction of sp³-hybridized carbons (Fsp3) is 0.286. The molecule has 0 bridgehead atoms. The molecule has 1 unspecified atom stereocenters. The van der Waals surface area contributed by atoms with Gasteiger partial charge in [0, 0.05) is 42.8 Å². The summed E-state index contributed by atoms with van der Waals surface area (Å²) >= 11 is 0. The van der Waals surface area contributed by atoms with E-state index in [1.165, 1.54) is 0 Å². The Morgan fingerprint density at radius 1 is 1.14 bits per heavy atom. The van der Waals surface area contributed by atoms with Crippen LogP contribution in [0.4, 0.5) is 0 Å². The summed E-state index contributed by atoms with van der Waals surface area (Å²) in [5.41, 5.74) is 0.883. The minimum Gasteiger partial charge on any atom is -0.493 e. The van der Waals surface area contributed by atoms with Crippen LogP contribution in [0.3, 0.4) is 0 Å². The molecule has 3 aromatic rings. The maximum atomic E-state index is 13.7. The quantitative estimate of drug-likeness (QED) is 0.717. The third-order valence-electron chi connectivity index (χ3n) is 4.99. The van der Waals surface area contributed by atoms with Crippen LogP contribution in [-0.2, 0) is 10.0 Å². The van der Waals surface area contributed by atoms with Crippen LogP contribution in [0.1, 0.15) is 18.5 Å². The van der Waals surface area contributed by atoms with Crippen molar-refractivity contribution in [3.05, 3.63) is 66.5 Å². The Morgan fingerprint density at radius 3 is 2.71 bits per heavy atom. The summed E-state index contributed by atoms with van der Waals surface area (Å²) in [7, 11) is -3.71. The number of ether oxygens (including phenoxy) is 1. The summed E-state index contributed by atoms with van der Waals surface area (Å²) in [4.78, 5) is 4.47. The molecule has 28 heavy (non-hydrogen) atoms. The largest absolute Gasteiger partial charge is 0.493 e. The zero-order valence-electron chi connectivity index (χ0n) is 15.7. The lowest BCUT2D eigenvalue weighted by Gasteiger charge is -2.35. The number of nitrogens with one attached hydrogen (secondary N) is 1. The van der Waals surface area contributed by atoms with Crippen LogP contribution >= 0.6 is 0 Å². The van der Waals surface area contributed by atoms with E-state index in [4.69, 9.17) is 4.74 Å². The molecule has 1 aromatic heterocycles. The van der Waals surface area contributed by atoms with Crippen molar-refractivity contribution < 1.29 is 13.2 Å². The van der Waals surface area contributed by atoms with E-state index in [1.807, 2.05) is 43.3 Å². The topological polar surface area (TPSA) is 71.5 Å². The molecule has 6 nitrogen and oxygen atoms in total. The number of fused-ring (bicyclic) bond motifs is 1. The molecule has 0 aliphatic carbocycles. The first kappa shape index (κ1) is 18.9. The molecule has 7 heteroatoms. The van der Waals surface area contributed by atoms with Crippen molar-refractivity contribution >= 4 is 20.8 Å². The van der Waals surface area contributed by atoms with E-state index in [9.17, 15) is 8.42 Å². The lowest BCUT2D eigenvalue weighted by molar-refractivity contribution is 0.271. The normalized spacial score (nSPS) is 18.2. The molecule has 2 aromatic carbocycles. The summed E-state index contributed by atoms with van der Waals surface area (Å²) < 4.78 is 34.7. The second-order valence-corrected chi connectivity index (χ2v) is 8.52. The fourth-order valence-electron chi connectivity index (χ4n) is 3.71. The molecule has 1 saturated heterocycles. The van der Waals surface area contributed by atoms with E-state index in [1.54, 1.807) is 28.8 Å². The number of pyridine rings is 1. The van der Waals surface area contributed by atoms with Crippen LogP contribution in [0.5, 0.6) is 5.75 Å². The highest BCUT2D eigenvalue weighted by molar-refractivity contribution is 7.89. The highest BCUT2D eigenvalue weighted by Crippen LogP contribution is 2.35. The molecule has 1 fully saturated rings. The van der Waals surface area contributed by atoms with Crippen molar-refractivity contribution in [2.24, 2.45) is 0 Å². The van der Waals surface area contributed by atoms with Gasteiger partial charge in [-0.2, -0.15) is 4.31 Å². The zero-order valence-corrected chi connectivity index (χ0v) is 16.5. The summed E-state index contributed by atoms with van der Waals surface area (Å²) in [5.74, 6) is 0.696. The van der Waals surface area contributed by atoms with Gasteiger partial charge in [-0.05, 0) is 30.7 Å². The third-order valence-corrected chi connectivity index (χ3v) is 6.96. The average molecular weight is 398 g/mol. The van der Waals surface area contributed by atoms with Crippen molar-refractivity contribution in [2.45, 2.75) is 17.9 Å². The van der Waals surface area contributed by atoms with E-state index in [0.29, 0.717) is 42.3 Å². The fourth-order valence-corrected chi connectivity index (χ4v) is 5.52. The highest BCUT2D eigenvalue weighted by atomic mass is 32.2. The van der Waals surface area contributed by atoms with Crippen molar-refractivity contribution in [2.75, 3.05) is 26.2 Å². The minimum absolute atomic E-state index is 0.294. The van der Waals surface area contributed by atoms with E-state index < -0.39 is 10.0 Å². The first-order valence-corrected chi connectivity index (χ1v) is 10.8. The molecule has 146 valence electrons. The lowest BCUT2D eigenvalue weighted by atomic mass is 10.1. The van der Waals surface area contributed by atoms with Crippen molar-refractivity contribution in [1.82, 2.24) is 14.6 Å². The van der Waals surface area contributed by atoms with Gasteiger partial charge < -0.3 is 10.1 Å². The van der Waals surface area contributed by atoms with Crippen molar-refractivity contribution in [3.8, 4) is 5.75 Å². The van der Waals surface area contributed by atoms with Gasteiger partial charge in [-0.15, -0.1) is 0 Å². The lowest BCUT2D eigenvalue weighted by Crippen LogP contribution is -2.48. The standard InChI is InChI=1S/C21H23N3O3S/c1-2-27-20-9-10-21(18-8-4-3-7-17(18)20)28(25,26)24-13-12-23-15-19(24)16-6-5-11-22-14-16/h3-11,14,19,23H,2,12-13,15H2,1H3. The number of piperazine rings is 1. The SMILES string of the molecule is CCOc1ccc(S(=O)(=O)N2CCNCC2c2cccnc2)c2ccccc12. The number of sulfonamides is 1. The summed E-state index contributed by atoms with van der Waals surface area (Å²) in [6.45, 7) is 4.02. The number of nitrogens with zero attached hydrogens (tertiary/aromatic N) is 2. The van der Waals surface area contributed by atoms with Gasteiger partial charge in [-0.25, -0.2) is 8.42 Å². The molecule has 1 aliphatic rings. The molecule has 0 spiro atoms. The van der Waals surface area contributed by atoms with Crippen molar-refractivity contribution in [1.29, 1.82) is 0 Å². The van der Waals surface area contributed by atoms with Gasteiger partial charge in [0.15, 0.2) is 0 Å². The molecule has 0 saturated carbocycles. The molecule has 1 N–H and O–H groups in total. The van der Waals surface area contributed by atoms with Gasteiger partial charge in [-0.3, -0.25) is 4.98 Å². The predicted molar refractivity (Wildman–Crippen MR) is 109 cm³/mol. The molecule has 1 aliphatic heterocycles. The van der Waals surface area contributed by atoms with Crippen LogP contribution in [0.25, 0.3) is 10.8 Å². The van der Waals surface area contributed by atoms with Crippen LogP contribution in [0, 0.1) is 0 Å². The number of hydrogen-bond acceptors (Lipinski definition) is 5. The summed E-state index contributed by atoms with van der Waals surface area (Å²) in [6, 6.07) is 14.4. The van der Waals surface area contributed by atoms with Gasteiger partial charge in [0.2, 0.25) is 10.0 Å². The van der Waals surface area contributed by atoms with Gasteiger partial charge in [0.05, 0.1) is 17.5 Å². The maximum Gasteiger partial charge on any atom is 0.244 e. The Bertz CT molecular complexity index is 1070. The Hall–Kier alpha value is -2.48. The van der Waals surface area contributed by atoms with Gasteiger partial charge in [-0.1, -0.05) is 30.3 Å². The van der Waals surface area contributed by atoms with Crippen LogP contribution in [0.2, 0.25) is 0 Å². The zero-order chi connectivity index (χ0) is 19.6. The Morgan fingerprint density at radius 2 is 1.96 bits per heavy atom. The molecular weight excluding hydrogens is 374 g/mol. The minimum atomic E-state index is -3.71. The average Bonchev–Trinajstić information content (AvgIpc) is 2.74. The Balaban J connectivity index is 1.82. The van der Waals surface area contributed by atoms with E-state index in [0.717, 1.165) is 10.9 Å². The maximum absolute atomic E-state index is 13.7. The van der Waals surface area contributed by atoms with Crippen LogP contribution in [0.15, 0.2) is 65.8 Å².